The first-order valence-electron chi connectivity index (χ1n) is 5.73. The second kappa shape index (κ2) is 3.84. The highest BCUT2D eigenvalue weighted by atomic mass is 16.3. The van der Waals surface area contributed by atoms with Gasteiger partial charge in [-0.3, -0.25) is 9.67 Å². The molecular formula is C14H13N3O. The van der Waals surface area contributed by atoms with E-state index < -0.39 is 0 Å². The molecule has 2 heterocycles. The van der Waals surface area contributed by atoms with E-state index in [1.807, 2.05) is 23.9 Å². The number of hydrogen-bond acceptors (Lipinski definition) is 3. The molecule has 1 aromatic carbocycles. The molecule has 0 unspecified atom stereocenters. The summed E-state index contributed by atoms with van der Waals surface area (Å²) in [5.74, 6) is 0.153. The summed E-state index contributed by atoms with van der Waals surface area (Å²) in [6.07, 6.45) is 3.13. The van der Waals surface area contributed by atoms with Crippen molar-refractivity contribution >= 4 is 10.9 Å². The Morgan fingerprint density at radius 1 is 1.22 bits per heavy atom. The first kappa shape index (κ1) is 10.8. The van der Waals surface area contributed by atoms with Crippen LogP contribution >= 0.6 is 0 Å². The normalized spacial score (nSPS) is 11.0. The molecule has 90 valence electrons. The van der Waals surface area contributed by atoms with E-state index >= 15 is 0 Å². The highest BCUT2D eigenvalue weighted by Gasteiger charge is 2.12. The van der Waals surface area contributed by atoms with Gasteiger partial charge < -0.3 is 5.11 Å². The Bertz CT molecular complexity index is 731. The summed E-state index contributed by atoms with van der Waals surface area (Å²) in [5, 5.41) is 15.2. The molecular weight excluding hydrogens is 226 g/mol. The molecule has 0 aliphatic rings. The Balaban J connectivity index is 2.36. The lowest BCUT2D eigenvalue weighted by Crippen LogP contribution is -1.89. The quantitative estimate of drug-likeness (QED) is 0.710. The molecule has 0 fully saturated rings. The molecule has 4 nitrogen and oxygen atoms in total. The van der Waals surface area contributed by atoms with Crippen molar-refractivity contribution in [1.82, 2.24) is 14.8 Å². The number of aromatic hydroxyl groups is 1. The Morgan fingerprint density at radius 2 is 2.06 bits per heavy atom. The van der Waals surface area contributed by atoms with Gasteiger partial charge in [-0.2, -0.15) is 5.10 Å². The number of fused-ring (bicyclic) bond motifs is 1. The maximum Gasteiger partial charge on any atom is 0.134 e. The first-order valence-corrected chi connectivity index (χ1v) is 5.73. The van der Waals surface area contributed by atoms with Gasteiger partial charge in [0.2, 0.25) is 0 Å². The van der Waals surface area contributed by atoms with Crippen molar-refractivity contribution in [3.05, 3.63) is 42.2 Å². The molecule has 0 saturated carbocycles. The number of pyridine rings is 1. The summed E-state index contributed by atoms with van der Waals surface area (Å²) in [6, 6.07) is 7.80. The zero-order chi connectivity index (χ0) is 12.7. The summed E-state index contributed by atoms with van der Waals surface area (Å²) >= 11 is 0. The highest BCUT2D eigenvalue weighted by molar-refractivity contribution is 5.95. The van der Waals surface area contributed by atoms with Crippen molar-refractivity contribution in [3.63, 3.8) is 0 Å². The van der Waals surface area contributed by atoms with Crippen LogP contribution in [-0.2, 0) is 7.05 Å². The van der Waals surface area contributed by atoms with Crippen LogP contribution in [0.2, 0.25) is 0 Å². The van der Waals surface area contributed by atoms with Gasteiger partial charge in [0.15, 0.2) is 0 Å². The van der Waals surface area contributed by atoms with Crippen molar-refractivity contribution in [2.45, 2.75) is 6.92 Å². The zero-order valence-electron chi connectivity index (χ0n) is 10.3. The van der Waals surface area contributed by atoms with Crippen LogP contribution in [0.15, 0.2) is 36.7 Å². The van der Waals surface area contributed by atoms with Crippen LogP contribution in [0.25, 0.3) is 22.2 Å². The molecule has 0 amide bonds. The number of nitrogens with zero attached hydrogens (tertiary/aromatic N) is 3. The van der Waals surface area contributed by atoms with Gasteiger partial charge >= 0.3 is 0 Å². The minimum absolute atomic E-state index is 0.153. The van der Waals surface area contributed by atoms with Crippen LogP contribution in [0.5, 0.6) is 5.75 Å². The molecule has 3 rings (SSSR count). The van der Waals surface area contributed by atoms with E-state index in [0.29, 0.717) is 0 Å². The molecule has 3 aromatic rings. The molecule has 0 spiro atoms. The number of aromatic nitrogens is 3. The molecule has 0 aliphatic carbocycles. The summed E-state index contributed by atoms with van der Waals surface area (Å²) in [6.45, 7) is 2.06. The first-order chi connectivity index (χ1) is 8.66. The topological polar surface area (TPSA) is 50.9 Å². The van der Waals surface area contributed by atoms with E-state index in [-0.39, 0.29) is 5.75 Å². The summed E-state index contributed by atoms with van der Waals surface area (Å²) in [5.41, 5.74) is 3.93. The van der Waals surface area contributed by atoms with Crippen molar-refractivity contribution < 1.29 is 5.11 Å². The molecule has 0 bridgehead atoms. The van der Waals surface area contributed by atoms with E-state index in [4.69, 9.17) is 0 Å². The maximum absolute atomic E-state index is 9.53. The average Bonchev–Trinajstić information content (AvgIpc) is 2.69. The minimum atomic E-state index is 0.153. The molecule has 0 saturated heterocycles. The van der Waals surface area contributed by atoms with Crippen LogP contribution in [-0.4, -0.2) is 19.9 Å². The van der Waals surface area contributed by atoms with E-state index in [9.17, 15) is 5.11 Å². The third-order valence-corrected chi connectivity index (χ3v) is 3.08. The number of aryl methyl sites for hydroxylation is 2. The van der Waals surface area contributed by atoms with Gasteiger partial charge in [0, 0.05) is 24.2 Å². The molecule has 0 atom stereocenters. The van der Waals surface area contributed by atoms with Gasteiger partial charge in [-0.25, -0.2) is 0 Å². The van der Waals surface area contributed by atoms with Gasteiger partial charge in [-0.1, -0.05) is 12.1 Å². The number of hydrogen-bond donors (Lipinski definition) is 1. The lowest BCUT2D eigenvalue weighted by molar-refractivity contribution is 0.473. The Kier molecular flexibility index (Phi) is 2.30. The van der Waals surface area contributed by atoms with E-state index in [1.165, 1.54) is 11.8 Å². The van der Waals surface area contributed by atoms with Gasteiger partial charge in [0.05, 0.1) is 11.7 Å². The molecule has 18 heavy (non-hydrogen) atoms. The fourth-order valence-electron chi connectivity index (χ4n) is 2.24. The predicted octanol–water partition coefficient (Wildman–Crippen LogP) is 2.65. The molecule has 0 aliphatic heterocycles. The highest BCUT2D eigenvalue weighted by Crippen LogP contribution is 2.30. The second-order valence-corrected chi connectivity index (χ2v) is 4.37. The standard InChI is InChI=1S/C14H13N3O/c1-9-4-3-5-12-13(9)14(16-17(12)2)10-6-11(18)8-15-7-10/h3-8,18H,1-2H3. The third kappa shape index (κ3) is 1.54. The SMILES string of the molecule is Cc1cccc2c1c(-c1cncc(O)c1)nn2C. The van der Waals surface area contributed by atoms with Crippen molar-refractivity contribution in [2.24, 2.45) is 7.05 Å². The summed E-state index contributed by atoms with van der Waals surface area (Å²) < 4.78 is 1.85. The predicted molar refractivity (Wildman–Crippen MR) is 70.3 cm³/mol. The van der Waals surface area contributed by atoms with Gasteiger partial charge in [-0.05, 0) is 24.6 Å². The smallest absolute Gasteiger partial charge is 0.134 e. The Labute approximate surface area is 105 Å². The van der Waals surface area contributed by atoms with Crippen LogP contribution in [0.4, 0.5) is 0 Å². The van der Waals surface area contributed by atoms with Crippen LogP contribution < -0.4 is 0 Å². The monoisotopic (exact) mass is 239 g/mol. The fourth-order valence-corrected chi connectivity index (χ4v) is 2.24. The van der Waals surface area contributed by atoms with Crippen LogP contribution in [0.3, 0.4) is 0 Å². The molecule has 2 aromatic heterocycles. The number of rotatable bonds is 1. The fraction of sp³-hybridized carbons (Fsp3) is 0.143. The minimum Gasteiger partial charge on any atom is -0.506 e. The van der Waals surface area contributed by atoms with E-state index in [0.717, 1.165) is 22.2 Å². The Morgan fingerprint density at radius 3 is 2.83 bits per heavy atom. The van der Waals surface area contributed by atoms with E-state index in [1.54, 1.807) is 12.3 Å². The summed E-state index contributed by atoms with van der Waals surface area (Å²) in [7, 11) is 1.92. The van der Waals surface area contributed by atoms with Crippen LogP contribution in [0.1, 0.15) is 5.56 Å². The molecule has 0 radical (unpaired) electrons. The van der Waals surface area contributed by atoms with Crippen molar-refractivity contribution in [1.29, 1.82) is 0 Å². The van der Waals surface area contributed by atoms with Crippen molar-refractivity contribution in [2.75, 3.05) is 0 Å². The maximum atomic E-state index is 9.53. The second-order valence-electron chi connectivity index (χ2n) is 4.37. The average molecular weight is 239 g/mol. The number of benzene rings is 1. The van der Waals surface area contributed by atoms with E-state index in [2.05, 4.69) is 23.1 Å². The summed E-state index contributed by atoms with van der Waals surface area (Å²) in [4.78, 5) is 4.01. The van der Waals surface area contributed by atoms with Crippen LogP contribution in [0, 0.1) is 6.92 Å². The lowest BCUT2D eigenvalue weighted by atomic mass is 10.1. The van der Waals surface area contributed by atoms with Gasteiger partial charge in [-0.15, -0.1) is 0 Å². The van der Waals surface area contributed by atoms with Gasteiger partial charge in [0.1, 0.15) is 11.4 Å². The third-order valence-electron chi connectivity index (χ3n) is 3.08. The Hall–Kier alpha value is -2.36. The lowest BCUT2D eigenvalue weighted by Gasteiger charge is -2.00. The van der Waals surface area contributed by atoms with Crippen molar-refractivity contribution in [3.8, 4) is 17.0 Å². The van der Waals surface area contributed by atoms with Gasteiger partial charge in [0.25, 0.3) is 0 Å². The largest absolute Gasteiger partial charge is 0.506 e. The molecule has 4 heteroatoms. The zero-order valence-corrected chi connectivity index (χ0v) is 10.3. The molecule has 1 N–H and O–H groups in total.